The van der Waals surface area contributed by atoms with Gasteiger partial charge in [0, 0.05) is 10.6 Å². The first-order valence-corrected chi connectivity index (χ1v) is 9.32. The topological polar surface area (TPSA) is 132 Å². The third-order valence-electron chi connectivity index (χ3n) is 3.17. The molecule has 3 aromatic heterocycles. The van der Waals surface area contributed by atoms with Crippen LogP contribution in [0.15, 0.2) is 56.9 Å². The smallest absolute Gasteiger partial charge is 0.358 e. The number of pyridine rings is 2. The molecule has 0 saturated heterocycles. The van der Waals surface area contributed by atoms with Gasteiger partial charge in [-0.15, -0.1) is 5.10 Å². The van der Waals surface area contributed by atoms with E-state index < -0.39 is 5.97 Å². The first kappa shape index (κ1) is 21.5. The number of aromatic nitrogens is 5. The van der Waals surface area contributed by atoms with Gasteiger partial charge in [0.25, 0.3) is 0 Å². The van der Waals surface area contributed by atoms with Crippen LogP contribution in [0.4, 0.5) is 0 Å². The van der Waals surface area contributed by atoms with E-state index in [2.05, 4.69) is 66.9 Å². The fourth-order valence-corrected chi connectivity index (χ4v) is 2.73. The van der Waals surface area contributed by atoms with Crippen molar-refractivity contribution >= 4 is 37.8 Å². The lowest BCUT2D eigenvalue weighted by molar-refractivity contribution is 0.0587. The number of nitrogens with zero attached hydrogens (tertiary/aromatic N) is 8. The maximum absolute atomic E-state index is 11.4. The van der Waals surface area contributed by atoms with Gasteiger partial charge in [-0.1, -0.05) is 22.5 Å². The molecule has 10 nitrogen and oxygen atoms in total. The number of carbonyl (C=O) groups excluding carboxylic acids is 1. The number of hydrogen-bond donors (Lipinski definition) is 0. The van der Waals surface area contributed by atoms with Crippen LogP contribution in [0.2, 0.25) is 0 Å². The Kier molecular flexibility index (Phi) is 8.53. The predicted molar refractivity (Wildman–Crippen MR) is 107 cm³/mol. The van der Waals surface area contributed by atoms with Crippen LogP contribution in [-0.2, 0) is 17.8 Å². The second kappa shape index (κ2) is 11.1. The standard InChI is InChI=1S/C10H9BrN4O2.C6H5BrN4/c1-17-10(16)8-5-12-14-15(8)6-7-3-2-4-9(11)13-7;7-6-3-1-2-5(10-6)4-9-11-8/h2-5H,6H2,1H3;1-3H,4H2. The van der Waals surface area contributed by atoms with Crippen molar-refractivity contribution in [3.05, 3.63) is 79.3 Å². The van der Waals surface area contributed by atoms with E-state index in [9.17, 15) is 4.79 Å². The molecule has 3 rings (SSSR count). The minimum atomic E-state index is -0.468. The summed E-state index contributed by atoms with van der Waals surface area (Å²) in [4.78, 5) is 22.3. The van der Waals surface area contributed by atoms with Crippen LogP contribution in [0.25, 0.3) is 10.4 Å². The molecule has 144 valence electrons. The zero-order valence-electron chi connectivity index (χ0n) is 14.6. The van der Waals surface area contributed by atoms with E-state index in [0.29, 0.717) is 18.8 Å². The molecule has 0 N–H and O–H groups in total. The van der Waals surface area contributed by atoms with E-state index in [1.807, 2.05) is 30.3 Å². The molecule has 0 radical (unpaired) electrons. The van der Waals surface area contributed by atoms with Crippen LogP contribution in [0.5, 0.6) is 0 Å². The Morgan fingerprint density at radius 3 is 2.43 bits per heavy atom. The van der Waals surface area contributed by atoms with Gasteiger partial charge in [0.1, 0.15) is 9.21 Å². The van der Waals surface area contributed by atoms with Gasteiger partial charge in [-0.3, -0.25) is 0 Å². The van der Waals surface area contributed by atoms with Crippen molar-refractivity contribution in [3.63, 3.8) is 0 Å². The Bertz CT molecular complexity index is 988. The number of carbonyl (C=O) groups is 1. The van der Waals surface area contributed by atoms with E-state index in [-0.39, 0.29) is 0 Å². The highest BCUT2D eigenvalue weighted by Crippen LogP contribution is 2.09. The third-order valence-corrected chi connectivity index (χ3v) is 4.05. The summed E-state index contributed by atoms with van der Waals surface area (Å²) in [7, 11) is 1.32. The molecule has 12 heteroatoms. The van der Waals surface area contributed by atoms with E-state index >= 15 is 0 Å². The van der Waals surface area contributed by atoms with Gasteiger partial charge in [-0.25, -0.2) is 19.4 Å². The summed E-state index contributed by atoms with van der Waals surface area (Å²) >= 11 is 6.49. The Labute approximate surface area is 176 Å². The molecule has 0 spiro atoms. The molecular weight excluding hydrogens is 496 g/mol. The number of halogens is 2. The highest BCUT2D eigenvalue weighted by molar-refractivity contribution is 9.10. The Morgan fingerprint density at radius 1 is 1.18 bits per heavy atom. The second-order valence-electron chi connectivity index (χ2n) is 5.06. The number of methoxy groups -OCH3 is 1. The van der Waals surface area contributed by atoms with Crippen molar-refractivity contribution in [2.24, 2.45) is 5.11 Å². The summed E-state index contributed by atoms with van der Waals surface area (Å²) in [5.74, 6) is -0.468. The first-order chi connectivity index (χ1) is 13.5. The number of hydrogen-bond acceptors (Lipinski definition) is 7. The molecule has 3 aromatic rings. The molecule has 0 aromatic carbocycles. The summed E-state index contributed by atoms with van der Waals surface area (Å²) < 4.78 is 7.56. The third kappa shape index (κ3) is 6.72. The summed E-state index contributed by atoms with van der Waals surface area (Å²) in [6.07, 6.45) is 1.36. The van der Waals surface area contributed by atoms with Gasteiger partial charge in [-0.2, -0.15) is 0 Å². The zero-order chi connectivity index (χ0) is 20.4. The predicted octanol–water partition coefficient (Wildman–Crippen LogP) is 3.92. The largest absolute Gasteiger partial charge is 0.464 e. The van der Waals surface area contributed by atoms with Crippen LogP contribution >= 0.6 is 31.9 Å². The van der Waals surface area contributed by atoms with Crippen molar-refractivity contribution in [1.82, 2.24) is 25.0 Å². The highest BCUT2D eigenvalue weighted by Gasteiger charge is 2.13. The highest BCUT2D eigenvalue weighted by atomic mass is 79.9. The maximum Gasteiger partial charge on any atom is 0.358 e. The lowest BCUT2D eigenvalue weighted by Gasteiger charge is -2.04. The summed E-state index contributed by atoms with van der Waals surface area (Å²) in [5, 5.41) is 10.9. The van der Waals surface area contributed by atoms with Crippen molar-refractivity contribution < 1.29 is 9.53 Å². The molecule has 0 amide bonds. The molecule has 0 saturated carbocycles. The summed E-state index contributed by atoms with van der Waals surface area (Å²) in [6, 6.07) is 11.0. The molecule has 0 aliphatic rings. The van der Waals surface area contributed by atoms with Crippen molar-refractivity contribution in [2.45, 2.75) is 13.1 Å². The Hall–Kier alpha value is -2.82. The molecule has 3 heterocycles. The number of azide groups is 1. The molecule has 0 fully saturated rings. The van der Waals surface area contributed by atoms with E-state index in [0.717, 1.165) is 20.6 Å². The van der Waals surface area contributed by atoms with E-state index in [4.69, 9.17) is 5.53 Å². The van der Waals surface area contributed by atoms with Crippen molar-refractivity contribution in [3.8, 4) is 0 Å². The van der Waals surface area contributed by atoms with Crippen molar-refractivity contribution in [1.29, 1.82) is 0 Å². The van der Waals surface area contributed by atoms with Gasteiger partial charge in [0.15, 0.2) is 5.69 Å². The minimum absolute atomic E-state index is 0.300. The monoisotopic (exact) mass is 508 g/mol. The van der Waals surface area contributed by atoms with Crippen LogP contribution in [0, 0.1) is 0 Å². The van der Waals surface area contributed by atoms with E-state index in [1.165, 1.54) is 18.0 Å². The van der Waals surface area contributed by atoms with Gasteiger partial charge >= 0.3 is 5.97 Å². The first-order valence-electron chi connectivity index (χ1n) is 7.74. The average molecular weight is 510 g/mol. The van der Waals surface area contributed by atoms with Gasteiger partial charge < -0.3 is 4.74 Å². The molecule has 0 unspecified atom stereocenters. The van der Waals surface area contributed by atoms with Crippen molar-refractivity contribution in [2.75, 3.05) is 7.11 Å². The van der Waals surface area contributed by atoms with Gasteiger partial charge in [-0.05, 0) is 61.7 Å². The van der Waals surface area contributed by atoms with E-state index in [1.54, 1.807) is 6.07 Å². The second-order valence-corrected chi connectivity index (χ2v) is 6.69. The van der Waals surface area contributed by atoms with Crippen LogP contribution < -0.4 is 0 Å². The fraction of sp³-hybridized carbons (Fsp3) is 0.188. The Morgan fingerprint density at radius 2 is 1.82 bits per heavy atom. The summed E-state index contributed by atoms with van der Waals surface area (Å²) in [5.41, 5.74) is 9.85. The molecule has 0 bridgehead atoms. The molecular formula is C16H14Br2N8O2. The Balaban J connectivity index is 0.000000221. The molecule has 0 atom stereocenters. The van der Waals surface area contributed by atoms with Gasteiger partial charge in [0.2, 0.25) is 0 Å². The maximum atomic E-state index is 11.4. The quantitative estimate of drug-likeness (QED) is 0.168. The minimum Gasteiger partial charge on any atom is -0.464 e. The number of esters is 1. The normalized spacial score (nSPS) is 9.68. The average Bonchev–Trinajstić information content (AvgIpc) is 3.14. The number of ether oxygens (including phenoxy) is 1. The molecule has 0 aliphatic carbocycles. The lowest BCUT2D eigenvalue weighted by atomic mass is 10.3. The lowest BCUT2D eigenvalue weighted by Crippen LogP contribution is -2.13. The zero-order valence-corrected chi connectivity index (χ0v) is 17.8. The van der Waals surface area contributed by atoms with Crippen LogP contribution in [0.3, 0.4) is 0 Å². The molecule has 0 aliphatic heterocycles. The van der Waals surface area contributed by atoms with Crippen LogP contribution in [0.1, 0.15) is 21.9 Å². The molecule has 28 heavy (non-hydrogen) atoms. The SMILES string of the molecule is COC(=O)c1cnnn1Cc1cccc(Br)n1.[N-]=[N+]=NCc1cccc(Br)n1. The fourth-order valence-electron chi connectivity index (χ4n) is 1.97. The van der Waals surface area contributed by atoms with Crippen LogP contribution in [-0.4, -0.2) is 38.0 Å². The summed E-state index contributed by atoms with van der Waals surface area (Å²) in [6.45, 7) is 0.666. The van der Waals surface area contributed by atoms with Gasteiger partial charge in [0.05, 0.1) is 32.1 Å². The number of rotatable bonds is 5.